The van der Waals surface area contributed by atoms with Gasteiger partial charge in [-0.1, -0.05) is 19.1 Å². The van der Waals surface area contributed by atoms with Gasteiger partial charge in [-0.15, -0.1) is 0 Å². The lowest BCUT2D eigenvalue weighted by Gasteiger charge is -2.26. The summed E-state index contributed by atoms with van der Waals surface area (Å²) in [6.45, 7) is 3.24. The summed E-state index contributed by atoms with van der Waals surface area (Å²) in [7, 11) is 0. The maximum Gasteiger partial charge on any atom is 0.0575 e. The number of rotatable bonds is 5. The number of hydrogen-bond donors (Lipinski definition) is 1. The third kappa shape index (κ3) is 4.34. The smallest absolute Gasteiger partial charge is 0.0575 e. The van der Waals surface area contributed by atoms with Gasteiger partial charge >= 0.3 is 0 Å². The molecule has 1 saturated carbocycles. The molecule has 2 rings (SSSR count). The Bertz CT molecular complexity index is 339. The van der Waals surface area contributed by atoms with E-state index in [9.17, 15) is 0 Å². The van der Waals surface area contributed by atoms with E-state index >= 15 is 0 Å². The van der Waals surface area contributed by atoms with Crippen LogP contribution < -0.4 is 5.73 Å². The van der Waals surface area contributed by atoms with Crippen molar-refractivity contribution in [3.63, 3.8) is 0 Å². The minimum absolute atomic E-state index is 0.521. The molecule has 0 bridgehead atoms. The van der Waals surface area contributed by atoms with Crippen LogP contribution in [0.3, 0.4) is 0 Å². The van der Waals surface area contributed by atoms with Crippen LogP contribution in [0.2, 0.25) is 0 Å². The van der Waals surface area contributed by atoms with Crippen LogP contribution in [0.15, 0.2) is 24.3 Å². The molecule has 1 fully saturated rings. The Morgan fingerprint density at radius 1 is 1.11 bits per heavy atom. The summed E-state index contributed by atoms with van der Waals surface area (Å²) in [4.78, 5) is 0. The maximum absolute atomic E-state index is 5.95. The first-order valence-electron chi connectivity index (χ1n) is 7.20. The molecule has 1 aromatic rings. The molecule has 0 heterocycles. The van der Waals surface area contributed by atoms with Gasteiger partial charge in [-0.05, 0) is 62.1 Å². The highest BCUT2D eigenvalue weighted by molar-refractivity contribution is 5.39. The standard InChI is InChI=1S/C16H25NO/c1-13-4-10-16(11-5-13)18-12-2-3-14-6-8-15(17)9-7-14/h6-9,13,16H,2-5,10-12,17H2,1H3. The predicted molar refractivity (Wildman–Crippen MR) is 76.5 cm³/mol. The van der Waals surface area contributed by atoms with Crippen molar-refractivity contribution in [3.8, 4) is 0 Å². The lowest BCUT2D eigenvalue weighted by Crippen LogP contribution is -2.20. The van der Waals surface area contributed by atoms with Gasteiger partial charge in [0.25, 0.3) is 0 Å². The molecule has 1 aliphatic rings. The summed E-state index contributed by atoms with van der Waals surface area (Å²) < 4.78 is 5.95. The number of nitrogen functional groups attached to an aromatic ring is 1. The molecule has 1 aromatic carbocycles. The molecule has 18 heavy (non-hydrogen) atoms. The third-order valence-electron chi connectivity index (χ3n) is 3.91. The van der Waals surface area contributed by atoms with Crippen LogP contribution in [-0.4, -0.2) is 12.7 Å². The van der Waals surface area contributed by atoms with E-state index in [1.807, 2.05) is 12.1 Å². The second-order valence-electron chi connectivity index (χ2n) is 5.60. The predicted octanol–water partition coefficient (Wildman–Crippen LogP) is 3.80. The Hall–Kier alpha value is -1.02. The van der Waals surface area contributed by atoms with Crippen LogP contribution in [0.4, 0.5) is 5.69 Å². The van der Waals surface area contributed by atoms with E-state index in [4.69, 9.17) is 10.5 Å². The summed E-state index contributed by atoms with van der Waals surface area (Å²) in [6.07, 6.45) is 7.89. The zero-order valence-corrected chi connectivity index (χ0v) is 11.4. The van der Waals surface area contributed by atoms with Gasteiger partial charge in [0.1, 0.15) is 0 Å². The molecule has 0 saturated heterocycles. The van der Waals surface area contributed by atoms with Crippen LogP contribution in [0.25, 0.3) is 0 Å². The number of anilines is 1. The molecule has 0 aliphatic heterocycles. The fraction of sp³-hybridized carbons (Fsp3) is 0.625. The van der Waals surface area contributed by atoms with Gasteiger partial charge in [-0.2, -0.15) is 0 Å². The minimum atomic E-state index is 0.521. The summed E-state index contributed by atoms with van der Waals surface area (Å²) in [5.41, 5.74) is 7.86. The average molecular weight is 247 g/mol. The second-order valence-corrected chi connectivity index (χ2v) is 5.60. The zero-order valence-electron chi connectivity index (χ0n) is 11.4. The monoisotopic (exact) mass is 247 g/mol. The summed E-state index contributed by atoms with van der Waals surface area (Å²) in [5.74, 6) is 0.902. The molecule has 2 nitrogen and oxygen atoms in total. The Morgan fingerprint density at radius 2 is 1.78 bits per heavy atom. The van der Waals surface area contributed by atoms with Crippen molar-refractivity contribution in [1.29, 1.82) is 0 Å². The quantitative estimate of drug-likeness (QED) is 0.634. The van der Waals surface area contributed by atoms with Gasteiger partial charge in [-0.25, -0.2) is 0 Å². The molecule has 2 N–H and O–H groups in total. The van der Waals surface area contributed by atoms with Crippen LogP contribution in [0.1, 0.15) is 44.6 Å². The van der Waals surface area contributed by atoms with E-state index in [1.165, 1.54) is 31.2 Å². The molecular weight excluding hydrogens is 222 g/mol. The second kappa shape index (κ2) is 6.79. The molecule has 2 heteroatoms. The highest BCUT2D eigenvalue weighted by Crippen LogP contribution is 2.25. The first kappa shape index (κ1) is 13.4. The molecule has 0 spiro atoms. The van der Waals surface area contributed by atoms with E-state index in [1.54, 1.807) is 0 Å². The van der Waals surface area contributed by atoms with Crippen LogP contribution in [0, 0.1) is 5.92 Å². The number of hydrogen-bond acceptors (Lipinski definition) is 2. The van der Waals surface area contributed by atoms with Gasteiger partial charge in [0.05, 0.1) is 6.10 Å². The van der Waals surface area contributed by atoms with Gasteiger partial charge in [0.2, 0.25) is 0 Å². The van der Waals surface area contributed by atoms with E-state index in [0.717, 1.165) is 31.1 Å². The largest absolute Gasteiger partial charge is 0.399 e. The third-order valence-corrected chi connectivity index (χ3v) is 3.91. The van der Waals surface area contributed by atoms with Gasteiger partial charge in [-0.3, -0.25) is 0 Å². The van der Waals surface area contributed by atoms with Crippen molar-refractivity contribution in [2.75, 3.05) is 12.3 Å². The Kier molecular flexibility index (Phi) is 5.06. The SMILES string of the molecule is CC1CCC(OCCCc2ccc(N)cc2)CC1. The highest BCUT2D eigenvalue weighted by atomic mass is 16.5. The van der Waals surface area contributed by atoms with Crippen molar-refractivity contribution < 1.29 is 4.74 Å². The number of ether oxygens (including phenoxy) is 1. The van der Waals surface area contributed by atoms with E-state index in [0.29, 0.717) is 6.10 Å². The van der Waals surface area contributed by atoms with Crippen molar-refractivity contribution in [3.05, 3.63) is 29.8 Å². The first-order chi connectivity index (χ1) is 8.74. The topological polar surface area (TPSA) is 35.2 Å². The summed E-state index contributed by atoms with van der Waals surface area (Å²) in [5, 5.41) is 0. The number of nitrogens with two attached hydrogens (primary N) is 1. The normalized spacial score (nSPS) is 24.1. The summed E-state index contributed by atoms with van der Waals surface area (Å²) >= 11 is 0. The van der Waals surface area contributed by atoms with Crippen molar-refractivity contribution in [2.24, 2.45) is 5.92 Å². The average Bonchev–Trinajstić information content (AvgIpc) is 2.39. The molecule has 0 unspecified atom stereocenters. The van der Waals surface area contributed by atoms with Gasteiger partial charge < -0.3 is 10.5 Å². The lowest BCUT2D eigenvalue weighted by atomic mass is 9.89. The van der Waals surface area contributed by atoms with Gasteiger partial charge in [0.15, 0.2) is 0 Å². The van der Waals surface area contributed by atoms with Crippen LogP contribution in [0.5, 0.6) is 0 Å². The van der Waals surface area contributed by atoms with Crippen LogP contribution >= 0.6 is 0 Å². The molecule has 0 radical (unpaired) electrons. The van der Waals surface area contributed by atoms with Crippen molar-refractivity contribution in [2.45, 2.75) is 51.6 Å². The van der Waals surface area contributed by atoms with E-state index in [-0.39, 0.29) is 0 Å². The van der Waals surface area contributed by atoms with Crippen molar-refractivity contribution >= 4 is 5.69 Å². The molecule has 0 amide bonds. The number of aryl methyl sites for hydroxylation is 1. The Labute approximate surface area is 111 Å². The Balaban J connectivity index is 1.60. The van der Waals surface area contributed by atoms with E-state index in [2.05, 4.69) is 19.1 Å². The molecule has 1 aliphatic carbocycles. The molecule has 0 atom stereocenters. The van der Waals surface area contributed by atoms with Crippen molar-refractivity contribution in [1.82, 2.24) is 0 Å². The maximum atomic E-state index is 5.95. The highest BCUT2D eigenvalue weighted by Gasteiger charge is 2.18. The molecular formula is C16H25NO. The van der Waals surface area contributed by atoms with Crippen LogP contribution in [-0.2, 0) is 11.2 Å². The molecule has 0 aromatic heterocycles. The first-order valence-corrected chi connectivity index (χ1v) is 7.20. The fourth-order valence-corrected chi connectivity index (χ4v) is 2.61. The van der Waals surface area contributed by atoms with E-state index < -0.39 is 0 Å². The Morgan fingerprint density at radius 3 is 2.44 bits per heavy atom. The number of benzene rings is 1. The minimum Gasteiger partial charge on any atom is -0.399 e. The fourth-order valence-electron chi connectivity index (χ4n) is 2.61. The lowest BCUT2D eigenvalue weighted by molar-refractivity contribution is 0.0188. The molecule has 100 valence electrons. The zero-order chi connectivity index (χ0) is 12.8. The van der Waals surface area contributed by atoms with Gasteiger partial charge in [0, 0.05) is 12.3 Å². The summed E-state index contributed by atoms with van der Waals surface area (Å²) in [6, 6.07) is 8.16.